The van der Waals surface area contributed by atoms with Crippen LogP contribution in [0, 0.1) is 0 Å². The van der Waals surface area contributed by atoms with Crippen LogP contribution >= 0.6 is 7.26 Å². The van der Waals surface area contributed by atoms with Gasteiger partial charge < -0.3 is 0 Å². The van der Waals surface area contributed by atoms with Gasteiger partial charge in [-0.2, -0.15) is 0 Å². The van der Waals surface area contributed by atoms with Gasteiger partial charge in [0, 0.05) is 0 Å². The number of allylic oxidation sites excluding steroid dienone is 2. The number of hydrogen-bond acceptors (Lipinski definition) is 0. The molecule has 3 rings (SSSR count). The third-order valence-corrected chi connectivity index (χ3v) is 11.4. The van der Waals surface area contributed by atoms with E-state index >= 15 is 0 Å². The van der Waals surface area contributed by atoms with Crippen LogP contribution in [0.2, 0.25) is 0 Å². The monoisotopic (exact) mass is 471 g/mol. The van der Waals surface area contributed by atoms with Gasteiger partial charge in [0.05, 0.1) is 6.16 Å². The van der Waals surface area contributed by atoms with Crippen molar-refractivity contribution in [1.29, 1.82) is 0 Å². The number of unbranched alkanes of at least 4 members (excludes halogenated alkanes) is 9. The maximum Gasteiger partial charge on any atom is 0.112 e. The van der Waals surface area contributed by atoms with Crippen LogP contribution in [-0.4, -0.2) is 6.16 Å². The molecule has 34 heavy (non-hydrogen) atoms. The summed E-state index contributed by atoms with van der Waals surface area (Å²) in [5, 5.41) is 4.49. The first kappa shape index (κ1) is 26.4. The molecular formula is C33H44P+. The van der Waals surface area contributed by atoms with Gasteiger partial charge in [-0.1, -0.05) is 119 Å². The molecular weight excluding hydrogens is 427 g/mol. The Morgan fingerprint density at radius 1 is 0.471 bits per heavy atom. The molecule has 0 unspecified atom stereocenters. The Morgan fingerprint density at radius 2 is 0.853 bits per heavy atom. The fourth-order valence-corrected chi connectivity index (χ4v) is 9.33. The molecule has 0 fully saturated rings. The van der Waals surface area contributed by atoms with Crippen LogP contribution in [0.3, 0.4) is 0 Å². The summed E-state index contributed by atoms with van der Waals surface area (Å²) in [7, 11) is -1.67. The number of benzene rings is 3. The normalized spacial score (nSPS) is 11.8. The zero-order valence-corrected chi connectivity index (χ0v) is 22.1. The largest absolute Gasteiger partial charge is 0.112 e. The van der Waals surface area contributed by atoms with Gasteiger partial charge in [-0.05, 0) is 62.1 Å². The van der Waals surface area contributed by atoms with Gasteiger partial charge in [0.1, 0.15) is 23.2 Å². The highest BCUT2D eigenvalue weighted by atomic mass is 31.2. The third kappa shape index (κ3) is 7.95. The van der Waals surface area contributed by atoms with E-state index in [-0.39, 0.29) is 0 Å². The molecule has 1 heteroatoms. The number of hydrogen-bond donors (Lipinski definition) is 0. The summed E-state index contributed by atoms with van der Waals surface area (Å²) in [5.74, 6) is 0. The molecule has 3 aromatic rings. The molecule has 0 nitrogen and oxygen atoms in total. The lowest BCUT2D eigenvalue weighted by Crippen LogP contribution is -2.33. The van der Waals surface area contributed by atoms with E-state index in [4.69, 9.17) is 0 Å². The molecule has 0 N–H and O–H groups in total. The summed E-state index contributed by atoms with van der Waals surface area (Å²) in [4.78, 5) is 0. The highest BCUT2D eigenvalue weighted by molar-refractivity contribution is 7.95. The molecule has 0 amide bonds. The minimum absolute atomic E-state index is 1.17. The predicted octanol–water partition coefficient (Wildman–Crippen LogP) is 8.85. The first-order valence-electron chi connectivity index (χ1n) is 13.6. The molecule has 0 aliphatic heterocycles. The zero-order valence-electron chi connectivity index (χ0n) is 21.2. The van der Waals surface area contributed by atoms with E-state index in [2.05, 4.69) is 110 Å². The fourth-order valence-electron chi connectivity index (χ4n) is 4.96. The molecule has 0 saturated carbocycles. The Bertz CT molecular complexity index is 818. The highest BCUT2D eigenvalue weighted by Gasteiger charge is 2.44. The predicted molar refractivity (Wildman–Crippen MR) is 156 cm³/mol. The zero-order chi connectivity index (χ0) is 23.7. The maximum atomic E-state index is 2.44. The van der Waals surface area contributed by atoms with E-state index < -0.39 is 7.26 Å². The van der Waals surface area contributed by atoms with Crippen molar-refractivity contribution in [3.05, 3.63) is 103 Å². The minimum Gasteiger partial charge on any atom is -0.0885 e. The second kappa shape index (κ2) is 15.7. The van der Waals surface area contributed by atoms with E-state index in [0.717, 1.165) is 0 Å². The lowest BCUT2D eigenvalue weighted by Gasteiger charge is -2.27. The quantitative estimate of drug-likeness (QED) is 0.111. The summed E-state index contributed by atoms with van der Waals surface area (Å²) in [6.45, 7) is 2.29. The van der Waals surface area contributed by atoms with Crippen molar-refractivity contribution in [1.82, 2.24) is 0 Å². The maximum absolute atomic E-state index is 2.44. The van der Waals surface area contributed by atoms with Crippen molar-refractivity contribution >= 4 is 23.2 Å². The van der Waals surface area contributed by atoms with Crippen molar-refractivity contribution in [3.63, 3.8) is 0 Å². The van der Waals surface area contributed by atoms with Gasteiger partial charge in [0.25, 0.3) is 0 Å². The molecule has 0 aromatic heterocycles. The van der Waals surface area contributed by atoms with Crippen molar-refractivity contribution in [2.45, 2.75) is 77.6 Å². The molecule has 0 radical (unpaired) electrons. The molecule has 0 heterocycles. The van der Waals surface area contributed by atoms with E-state index in [1.807, 2.05) is 0 Å². The molecule has 0 saturated heterocycles. The van der Waals surface area contributed by atoms with E-state index in [1.165, 1.54) is 92.7 Å². The molecule has 0 aliphatic carbocycles. The van der Waals surface area contributed by atoms with Crippen LogP contribution in [0.5, 0.6) is 0 Å². The van der Waals surface area contributed by atoms with Crippen LogP contribution in [0.1, 0.15) is 77.6 Å². The topological polar surface area (TPSA) is 0 Å². The first-order chi connectivity index (χ1) is 16.9. The van der Waals surface area contributed by atoms with Gasteiger partial charge in [0.2, 0.25) is 0 Å². The van der Waals surface area contributed by atoms with Crippen LogP contribution in [0.15, 0.2) is 103 Å². The Labute approximate surface area is 209 Å². The highest BCUT2D eigenvalue weighted by Crippen LogP contribution is 2.55. The summed E-state index contributed by atoms with van der Waals surface area (Å²) in [5.41, 5.74) is 0. The fraction of sp³-hybridized carbons (Fsp3) is 0.394. The summed E-state index contributed by atoms with van der Waals surface area (Å²) < 4.78 is 0. The standard InChI is InChI=1S/C33H44P/c1-2-3-4-5-6-7-8-9-10-11-12-13-23-30-34(31-24-17-14-18-25-31,32-26-19-15-20-27-32)33-28-21-16-22-29-33/h11-12,14-22,24-29H,2-10,13,23,30H2,1H3/q+1/b12-11+. The van der Waals surface area contributed by atoms with Gasteiger partial charge in [-0.25, -0.2) is 0 Å². The SMILES string of the molecule is CCCCCCCCCC/C=C/CCC[P+](c1ccccc1)(c1ccccc1)c1ccccc1. The van der Waals surface area contributed by atoms with Crippen LogP contribution in [0.25, 0.3) is 0 Å². The molecule has 0 aliphatic rings. The molecule has 0 spiro atoms. The smallest absolute Gasteiger partial charge is 0.0885 e. The van der Waals surface area contributed by atoms with Crippen LogP contribution < -0.4 is 15.9 Å². The number of rotatable bonds is 16. The Kier molecular flexibility index (Phi) is 12.2. The average molecular weight is 472 g/mol. The van der Waals surface area contributed by atoms with Crippen molar-refractivity contribution in [2.75, 3.05) is 6.16 Å². The lowest BCUT2D eigenvalue weighted by atomic mass is 10.1. The van der Waals surface area contributed by atoms with E-state index in [9.17, 15) is 0 Å². The molecule has 0 bridgehead atoms. The van der Waals surface area contributed by atoms with Gasteiger partial charge in [-0.3, -0.25) is 0 Å². The van der Waals surface area contributed by atoms with Crippen molar-refractivity contribution < 1.29 is 0 Å². The summed E-state index contributed by atoms with van der Waals surface area (Å²) >= 11 is 0. The van der Waals surface area contributed by atoms with Crippen molar-refractivity contribution in [2.24, 2.45) is 0 Å². The lowest BCUT2D eigenvalue weighted by molar-refractivity contribution is 0.577. The summed E-state index contributed by atoms with van der Waals surface area (Å²) in [6.07, 6.45) is 20.9. The summed E-state index contributed by atoms with van der Waals surface area (Å²) in [6, 6.07) is 33.8. The van der Waals surface area contributed by atoms with Gasteiger partial charge in [-0.15, -0.1) is 0 Å². The Morgan fingerprint density at radius 3 is 1.29 bits per heavy atom. The second-order valence-corrected chi connectivity index (χ2v) is 13.0. The molecule has 3 aromatic carbocycles. The third-order valence-electron chi connectivity index (χ3n) is 6.85. The molecule has 0 atom stereocenters. The van der Waals surface area contributed by atoms with Crippen molar-refractivity contribution in [3.8, 4) is 0 Å². The first-order valence-corrected chi connectivity index (χ1v) is 15.6. The average Bonchev–Trinajstić information content (AvgIpc) is 2.91. The van der Waals surface area contributed by atoms with Gasteiger partial charge >= 0.3 is 0 Å². The van der Waals surface area contributed by atoms with E-state index in [1.54, 1.807) is 0 Å². The molecule has 180 valence electrons. The Balaban J connectivity index is 1.59. The minimum atomic E-state index is -1.67. The van der Waals surface area contributed by atoms with E-state index in [0.29, 0.717) is 0 Å². The Hall–Kier alpha value is -2.17. The van der Waals surface area contributed by atoms with Crippen LogP contribution in [0.4, 0.5) is 0 Å². The van der Waals surface area contributed by atoms with Crippen LogP contribution in [-0.2, 0) is 0 Å². The second-order valence-electron chi connectivity index (χ2n) is 9.42. The van der Waals surface area contributed by atoms with Gasteiger partial charge in [0.15, 0.2) is 0 Å².